The third kappa shape index (κ3) is 4.09. The van der Waals surface area contributed by atoms with Gasteiger partial charge in [-0.15, -0.1) is 0 Å². The summed E-state index contributed by atoms with van der Waals surface area (Å²) in [5.74, 6) is -0.672. The van der Waals surface area contributed by atoms with E-state index in [1.165, 1.54) is 10.5 Å². The first-order chi connectivity index (χ1) is 15.3. The lowest BCUT2D eigenvalue weighted by Gasteiger charge is -2.21. The van der Waals surface area contributed by atoms with Crippen LogP contribution in [0, 0.1) is 0 Å². The molecule has 2 amide bonds. The van der Waals surface area contributed by atoms with E-state index in [2.05, 4.69) is 33.0 Å². The number of nitrogens with zero attached hydrogens (tertiary/aromatic N) is 1. The third-order valence-electron chi connectivity index (χ3n) is 5.77. The van der Waals surface area contributed by atoms with E-state index in [9.17, 15) is 9.59 Å². The van der Waals surface area contributed by atoms with Crippen LogP contribution in [0.2, 0.25) is 0 Å². The molecule has 162 valence electrons. The van der Waals surface area contributed by atoms with Crippen molar-refractivity contribution in [3.05, 3.63) is 101 Å². The lowest BCUT2D eigenvalue weighted by atomic mass is 9.87. The van der Waals surface area contributed by atoms with E-state index in [1.54, 1.807) is 0 Å². The molecule has 32 heavy (non-hydrogen) atoms. The largest absolute Gasteiger partial charge is 0.350 e. The number of carbonyl (C=O) groups excluding carboxylic acids is 2. The Labute approximate surface area is 189 Å². The van der Waals surface area contributed by atoms with E-state index < -0.39 is 0 Å². The van der Waals surface area contributed by atoms with Gasteiger partial charge in [-0.05, 0) is 52.8 Å². The quantitative estimate of drug-likeness (QED) is 0.516. The molecule has 1 N–H and O–H groups in total. The number of imide groups is 1. The summed E-state index contributed by atoms with van der Waals surface area (Å²) < 4.78 is 0. The van der Waals surface area contributed by atoms with Crippen molar-refractivity contribution in [2.24, 2.45) is 0 Å². The maximum Gasteiger partial charge on any atom is 0.282 e. The van der Waals surface area contributed by atoms with Crippen LogP contribution in [-0.2, 0) is 21.4 Å². The van der Waals surface area contributed by atoms with Gasteiger partial charge in [-0.25, -0.2) is 4.90 Å². The summed E-state index contributed by atoms with van der Waals surface area (Å²) >= 11 is 0. The van der Waals surface area contributed by atoms with Crippen LogP contribution in [0.3, 0.4) is 0 Å². The van der Waals surface area contributed by atoms with Gasteiger partial charge in [-0.3, -0.25) is 9.59 Å². The predicted molar refractivity (Wildman–Crippen MR) is 130 cm³/mol. The average molecular weight is 425 g/mol. The van der Waals surface area contributed by atoms with Crippen molar-refractivity contribution < 1.29 is 9.59 Å². The summed E-state index contributed by atoms with van der Waals surface area (Å²) in [6, 6.07) is 24.9. The van der Waals surface area contributed by atoms with Crippen LogP contribution in [0.4, 0.5) is 11.4 Å². The van der Waals surface area contributed by atoms with Crippen molar-refractivity contribution in [3.8, 4) is 0 Å². The molecule has 0 atom stereocenters. The van der Waals surface area contributed by atoms with Crippen molar-refractivity contribution in [2.75, 3.05) is 10.2 Å². The number of benzene rings is 3. The molecule has 1 heterocycles. The number of hydrogen-bond acceptors (Lipinski definition) is 3. The Bertz CT molecular complexity index is 1170. The first-order valence-corrected chi connectivity index (χ1v) is 10.9. The minimum absolute atomic E-state index is 0.0115. The van der Waals surface area contributed by atoms with Crippen LogP contribution >= 0.6 is 0 Å². The highest BCUT2D eigenvalue weighted by Crippen LogP contribution is 2.34. The van der Waals surface area contributed by atoms with Gasteiger partial charge in [0.05, 0.1) is 11.3 Å². The molecule has 1 aliphatic heterocycles. The van der Waals surface area contributed by atoms with Crippen molar-refractivity contribution in [3.63, 3.8) is 0 Å². The van der Waals surface area contributed by atoms with Crippen LogP contribution in [0.15, 0.2) is 84.6 Å². The Balaban J connectivity index is 1.74. The van der Waals surface area contributed by atoms with Crippen molar-refractivity contribution in [1.82, 2.24) is 0 Å². The van der Waals surface area contributed by atoms with Crippen LogP contribution in [0.25, 0.3) is 5.57 Å². The Morgan fingerprint density at radius 3 is 1.97 bits per heavy atom. The SMILES string of the molecule is CCc1ccc(NC2=C(c3ccccc3)C(=O)N(c3ccc(C(C)(C)C)cc3)C2=O)cc1. The number of aryl methyl sites for hydroxylation is 1. The molecular weight excluding hydrogens is 396 g/mol. The fourth-order valence-electron chi connectivity index (χ4n) is 3.83. The van der Waals surface area contributed by atoms with E-state index >= 15 is 0 Å². The summed E-state index contributed by atoms with van der Waals surface area (Å²) in [6.07, 6.45) is 0.938. The van der Waals surface area contributed by atoms with E-state index in [0.29, 0.717) is 22.5 Å². The molecule has 0 saturated carbocycles. The lowest BCUT2D eigenvalue weighted by Crippen LogP contribution is -2.32. The molecule has 4 rings (SSSR count). The summed E-state index contributed by atoms with van der Waals surface area (Å²) in [4.78, 5) is 28.3. The summed E-state index contributed by atoms with van der Waals surface area (Å²) in [6.45, 7) is 8.50. The topological polar surface area (TPSA) is 49.4 Å². The molecule has 0 spiro atoms. The Morgan fingerprint density at radius 1 is 0.781 bits per heavy atom. The molecule has 4 heteroatoms. The summed E-state index contributed by atoms with van der Waals surface area (Å²) in [5, 5.41) is 3.22. The van der Waals surface area contributed by atoms with Crippen LogP contribution in [0.5, 0.6) is 0 Å². The van der Waals surface area contributed by atoms with Gasteiger partial charge in [0, 0.05) is 5.69 Å². The van der Waals surface area contributed by atoms with Gasteiger partial charge in [0.15, 0.2) is 0 Å². The molecular formula is C28H28N2O2. The molecule has 1 aliphatic rings. The number of nitrogens with one attached hydrogen (secondary N) is 1. The second-order valence-electron chi connectivity index (χ2n) is 9.03. The number of amides is 2. The zero-order valence-corrected chi connectivity index (χ0v) is 19.0. The van der Waals surface area contributed by atoms with Gasteiger partial charge >= 0.3 is 0 Å². The molecule has 3 aromatic carbocycles. The van der Waals surface area contributed by atoms with Crippen LogP contribution < -0.4 is 10.2 Å². The Kier molecular flexibility index (Phi) is 5.70. The minimum Gasteiger partial charge on any atom is -0.350 e. The second-order valence-corrected chi connectivity index (χ2v) is 9.03. The van der Waals surface area contributed by atoms with Gasteiger partial charge in [0.25, 0.3) is 11.8 Å². The molecule has 0 aromatic heterocycles. The highest BCUT2D eigenvalue weighted by atomic mass is 16.2. The monoisotopic (exact) mass is 424 g/mol. The number of hydrogen-bond donors (Lipinski definition) is 1. The summed E-state index contributed by atoms with van der Waals surface area (Å²) in [7, 11) is 0. The van der Waals surface area contributed by atoms with Gasteiger partial charge in [-0.1, -0.05) is 82.3 Å². The van der Waals surface area contributed by atoms with E-state index in [4.69, 9.17) is 0 Å². The zero-order chi connectivity index (χ0) is 22.9. The fraction of sp³-hybridized carbons (Fsp3) is 0.214. The van der Waals surface area contributed by atoms with Gasteiger partial charge in [0.2, 0.25) is 0 Å². The first kappa shape index (κ1) is 21.6. The predicted octanol–water partition coefficient (Wildman–Crippen LogP) is 5.94. The Hall–Kier alpha value is -3.66. The molecule has 0 fully saturated rings. The normalized spacial score (nSPS) is 14.3. The highest BCUT2D eigenvalue weighted by Gasteiger charge is 2.40. The van der Waals surface area contributed by atoms with Crippen molar-refractivity contribution >= 4 is 28.8 Å². The van der Waals surface area contributed by atoms with Crippen LogP contribution in [0.1, 0.15) is 44.4 Å². The minimum atomic E-state index is -0.350. The molecule has 0 unspecified atom stereocenters. The average Bonchev–Trinajstić information content (AvgIpc) is 3.03. The second kappa shape index (κ2) is 8.46. The summed E-state index contributed by atoms with van der Waals surface area (Å²) in [5.41, 5.74) is 5.08. The number of rotatable bonds is 5. The standard InChI is InChI=1S/C28H28N2O2/c1-5-19-11-15-22(16-12-19)29-25-24(20-9-7-6-8-10-20)26(31)30(27(25)32)23-17-13-21(14-18-23)28(2,3)4/h6-18,29H,5H2,1-4H3. The van der Waals surface area contributed by atoms with E-state index in [-0.39, 0.29) is 17.2 Å². The van der Waals surface area contributed by atoms with Crippen LogP contribution in [-0.4, -0.2) is 11.8 Å². The maximum atomic E-state index is 13.5. The zero-order valence-electron chi connectivity index (χ0n) is 19.0. The molecule has 3 aromatic rings. The number of anilines is 2. The molecule has 0 radical (unpaired) electrons. The molecule has 4 nitrogen and oxygen atoms in total. The lowest BCUT2D eigenvalue weighted by molar-refractivity contribution is -0.120. The van der Waals surface area contributed by atoms with E-state index in [1.807, 2.05) is 78.9 Å². The van der Waals surface area contributed by atoms with E-state index in [0.717, 1.165) is 17.7 Å². The van der Waals surface area contributed by atoms with Crippen molar-refractivity contribution in [2.45, 2.75) is 39.5 Å². The third-order valence-corrected chi connectivity index (χ3v) is 5.77. The smallest absolute Gasteiger partial charge is 0.282 e. The molecule has 0 bridgehead atoms. The van der Waals surface area contributed by atoms with Gasteiger partial charge in [-0.2, -0.15) is 0 Å². The first-order valence-electron chi connectivity index (χ1n) is 10.9. The maximum absolute atomic E-state index is 13.5. The van der Waals surface area contributed by atoms with Gasteiger partial charge < -0.3 is 5.32 Å². The number of carbonyl (C=O) groups is 2. The van der Waals surface area contributed by atoms with Crippen molar-refractivity contribution in [1.29, 1.82) is 0 Å². The highest BCUT2D eigenvalue weighted by molar-refractivity contribution is 6.46. The fourth-order valence-corrected chi connectivity index (χ4v) is 3.83. The Morgan fingerprint density at radius 2 is 1.41 bits per heavy atom. The van der Waals surface area contributed by atoms with Gasteiger partial charge in [0.1, 0.15) is 5.70 Å². The molecule has 0 saturated heterocycles. The molecule has 0 aliphatic carbocycles.